The van der Waals surface area contributed by atoms with E-state index in [1.54, 1.807) is 11.3 Å². The first-order valence-electron chi connectivity index (χ1n) is 10.3. The summed E-state index contributed by atoms with van der Waals surface area (Å²) in [6, 6.07) is 12.4. The number of hydrogen-bond acceptors (Lipinski definition) is 6. The summed E-state index contributed by atoms with van der Waals surface area (Å²) in [5.41, 5.74) is 1.31. The van der Waals surface area contributed by atoms with Crippen molar-refractivity contribution in [3.8, 4) is 0 Å². The number of para-hydroxylation sites is 1. The molecule has 0 bridgehead atoms. The molecule has 1 unspecified atom stereocenters. The molecule has 7 nitrogen and oxygen atoms in total. The van der Waals surface area contributed by atoms with E-state index < -0.39 is 10.0 Å². The summed E-state index contributed by atoms with van der Waals surface area (Å²) in [4.78, 5) is 19.7. The van der Waals surface area contributed by atoms with Gasteiger partial charge in [-0.15, -0.1) is 11.3 Å². The van der Waals surface area contributed by atoms with Crippen LogP contribution in [0.1, 0.15) is 23.8 Å². The van der Waals surface area contributed by atoms with Gasteiger partial charge in [-0.05, 0) is 49.7 Å². The molecule has 1 aliphatic rings. The Balaban J connectivity index is 1.43. The SMILES string of the molecule is CN(C)S(=O)(=O)c1ccc(Cl)c(NC(=O)CN2CCCC(c3nc4ccccc4s3)C2)c1. The molecule has 1 fully saturated rings. The summed E-state index contributed by atoms with van der Waals surface area (Å²) in [6.45, 7) is 1.80. The van der Waals surface area contributed by atoms with Crippen molar-refractivity contribution in [2.24, 2.45) is 0 Å². The number of sulfonamides is 1. The molecule has 2 aromatic carbocycles. The molecule has 10 heteroatoms. The minimum absolute atomic E-state index is 0.0797. The van der Waals surface area contributed by atoms with Crippen molar-refractivity contribution in [3.63, 3.8) is 0 Å². The van der Waals surface area contributed by atoms with E-state index in [9.17, 15) is 13.2 Å². The van der Waals surface area contributed by atoms with E-state index in [-0.39, 0.29) is 17.3 Å². The van der Waals surface area contributed by atoms with Crippen LogP contribution in [0.5, 0.6) is 0 Å². The van der Waals surface area contributed by atoms with Crippen LogP contribution >= 0.6 is 22.9 Å². The maximum Gasteiger partial charge on any atom is 0.242 e. The van der Waals surface area contributed by atoms with E-state index in [1.165, 1.54) is 37.0 Å². The highest BCUT2D eigenvalue weighted by Crippen LogP contribution is 2.33. The predicted octanol–water partition coefficient (Wildman–Crippen LogP) is 4.02. The van der Waals surface area contributed by atoms with Crippen molar-refractivity contribution in [2.45, 2.75) is 23.7 Å². The quantitative estimate of drug-likeness (QED) is 0.562. The average Bonchev–Trinajstić information content (AvgIpc) is 3.19. The number of rotatable bonds is 6. The smallest absolute Gasteiger partial charge is 0.242 e. The highest BCUT2D eigenvalue weighted by molar-refractivity contribution is 7.89. The molecular formula is C22H25ClN4O3S2. The lowest BCUT2D eigenvalue weighted by atomic mass is 9.99. The molecule has 0 aliphatic carbocycles. The Bertz CT molecular complexity index is 1210. The van der Waals surface area contributed by atoms with E-state index in [0.717, 1.165) is 40.8 Å². The number of likely N-dealkylation sites (tertiary alicyclic amines) is 1. The van der Waals surface area contributed by atoms with Crippen LogP contribution < -0.4 is 5.32 Å². The van der Waals surface area contributed by atoms with Crippen molar-refractivity contribution >= 4 is 54.8 Å². The Kier molecular flexibility index (Phi) is 6.83. The van der Waals surface area contributed by atoms with Crippen LogP contribution in [0.25, 0.3) is 10.2 Å². The Morgan fingerprint density at radius 1 is 1.28 bits per heavy atom. The van der Waals surface area contributed by atoms with Crippen molar-refractivity contribution in [3.05, 3.63) is 52.5 Å². The molecule has 0 radical (unpaired) electrons. The van der Waals surface area contributed by atoms with Gasteiger partial charge in [-0.25, -0.2) is 17.7 Å². The number of thiazole rings is 1. The Morgan fingerprint density at radius 2 is 2.06 bits per heavy atom. The summed E-state index contributed by atoms with van der Waals surface area (Å²) in [5, 5.41) is 4.18. The van der Waals surface area contributed by atoms with E-state index in [1.807, 2.05) is 18.2 Å². The standard InChI is InChI=1S/C22H25ClN4O3S2/c1-26(2)32(29,30)16-9-10-17(23)19(12-16)24-21(28)14-27-11-5-6-15(13-27)22-25-18-7-3-4-8-20(18)31-22/h3-4,7-10,12,15H,5-6,11,13-14H2,1-2H3,(H,24,28). The first-order valence-corrected chi connectivity index (χ1v) is 13.0. The molecule has 1 atom stereocenters. The molecule has 1 amide bonds. The number of hydrogen-bond donors (Lipinski definition) is 1. The van der Waals surface area contributed by atoms with Crippen LogP contribution in [-0.4, -0.2) is 62.2 Å². The monoisotopic (exact) mass is 492 g/mol. The highest BCUT2D eigenvalue weighted by Gasteiger charge is 2.26. The Labute approximate surface area is 197 Å². The predicted molar refractivity (Wildman–Crippen MR) is 129 cm³/mol. The maximum absolute atomic E-state index is 12.7. The molecule has 4 rings (SSSR count). The van der Waals surface area contributed by atoms with Crippen molar-refractivity contribution in [1.82, 2.24) is 14.2 Å². The Hall–Kier alpha value is -2.04. The fraction of sp³-hybridized carbons (Fsp3) is 0.364. The van der Waals surface area contributed by atoms with Gasteiger partial charge in [0, 0.05) is 26.6 Å². The van der Waals surface area contributed by atoms with Gasteiger partial charge in [0.2, 0.25) is 15.9 Å². The van der Waals surface area contributed by atoms with Crippen molar-refractivity contribution < 1.29 is 13.2 Å². The second kappa shape index (κ2) is 9.44. The molecular weight excluding hydrogens is 468 g/mol. The fourth-order valence-electron chi connectivity index (χ4n) is 3.83. The minimum Gasteiger partial charge on any atom is -0.324 e. The van der Waals surface area contributed by atoms with Crippen molar-refractivity contribution in [2.75, 3.05) is 39.0 Å². The number of amides is 1. The number of benzene rings is 2. The van der Waals surface area contributed by atoms with Gasteiger partial charge in [0.25, 0.3) is 0 Å². The lowest BCUT2D eigenvalue weighted by molar-refractivity contribution is -0.117. The van der Waals surface area contributed by atoms with E-state index in [2.05, 4.69) is 16.3 Å². The van der Waals surface area contributed by atoms with Gasteiger partial charge < -0.3 is 5.32 Å². The molecule has 2 heterocycles. The van der Waals surface area contributed by atoms with Gasteiger partial charge in [0.05, 0.1) is 37.4 Å². The summed E-state index contributed by atoms with van der Waals surface area (Å²) in [6.07, 6.45) is 2.04. The summed E-state index contributed by atoms with van der Waals surface area (Å²) >= 11 is 7.93. The zero-order chi connectivity index (χ0) is 22.9. The Morgan fingerprint density at radius 3 is 2.81 bits per heavy atom. The van der Waals surface area contributed by atoms with Gasteiger partial charge in [0.1, 0.15) is 0 Å². The number of carbonyl (C=O) groups excluding carboxylic acids is 1. The van der Waals surface area contributed by atoms with Crippen LogP contribution in [0.2, 0.25) is 5.02 Å². The number of piperidine rings is 1. The third-order valence-electron chi connectivity index (χ3n) is 5.52. The van der Waals surface area contributed by atoms with Crippen LogP contribution in [0.4, 0.5) is 5.69 Å². The van der Waals surface area contributed by atoms with E-state index >= 15 is 0 Å². The first kappa shape index (κ1) is 23.1. The van der Waals surface area contributed by atoms with Gasteiger partial charge in [0.15, 0.2) is 0 Å². The van der Waals surface area contributed by atoms with Crippen LogP contribution in [0.15, 0.2) is 47.4 Å². The molecule has 3 aromatic rings. The molecule has 0 spiro atoms. The summed E-state index contributed by atoms with van der Waals surface area (Å²) in [7, 11) is -0.704. The minimum atomic E-state index is -3.62. The number of fused-ring (bicyclic) bond motifs is 1. The number of nitrogens with zero attached hydrogens (tertiary/aromatic N) is 3. The third kappa shape index (κ3) is 4.97. The van der Waals surface area contributed by atoms with E-state index in [0.29, 0.717) is 16.6 Å². The lowest BCUT2D eigenvalue weighted by Gasteiger charge is -2.31. The number of carbonyl (C=O) groups is 1. The molecule has 1 saturated heterocycles. The highest BCUT2D eigenvalue weighted by atomic mass is 35.5. The number of anilines is 1. The number of aromatic nitrogens is 1. The second-order valence-electron chi connectivity index (χ2n) is 8.07. The second-order valence-corrected chi connectivity index (χ2v) is 11.7. The van der Waals surface area contributed by atoms with Crippen LogP contribution in [0.3, 0.4) is 0 Å². The summed E-state index contributed by atoms with van der Waals surface area (Å²) < 4.78 is 27.1. The topological polar surface area (TPSA) is 82.6 Å². The van der Waals surface area contributed by atoms with Crippen molar-refractivity contribution in [1.29, 1.82) is 0 Å². The molecule has 1 aromatic heterocycles. The van der Waals surface area contributed by atoms with Gasteiger partial charge in [-0.3, -0.25) is 9.69 Å². The summed E-state index contributed by atoms with van der Waals surface area (Å²) in [5.74, 6) is 0.0716. The third-order valence-corrected chi connectivity index (χ3v) is 8.86. The zero-order valence-corrected chi connectivity index (χ0v) is 20.3. The molecule has 170 valence electrons. The fourth-order valence-corrected chi connectivity index (χ4v) is 6.02. The maximum atomic E-state index is 12.7. The zero-order valence-electron chi connectivity index (χ0n) is 17.9. The molecule has 1 aliphatic heterocycles. The molecule has 32 heavy (non-hydrogen) atoms. The average molecular weight is 493 g/mol. The lowest BCUT2D eigenvalue weighted by Crippen LogP contribution is -2.39. The van der Waals surface area contributed by atoms with Crippen LogP contribution in [0, 0.1) is 0 Å². The van der Waals surface area contributed by atoms with Gasteiger partial charge in [-0.2, -0.15) is 0 Å². The molecule has 1 N–H and O–H groups in total. The number of halogens is 1. The van der Waals surface area contributed by atoms with Gasteiger partial charge in [-0.1, -0.05) is 23.7 Å². The largest absolute Gasteiger partial charge is 0.324 e. The normalized spacial score (nSPS) is 17.7. The van der Waals surface area contributed by atoms with Gasteiger partial charge >= 0.3 is 0 Å². The molecule has 0 saturated carbocycles. The van der Waals surface area contributed by atoms with E-state index in [4.69, 9.17) is 16.6 Å². The first-order chi connectivity index (χ1) is 15.2. The number of nitrogens with one attached hydrogen (secondary N) is 1. The van der Waals surface area contributed by atoms with Crippen LogP contribution in [-0.2, 0) is 14.8 Å².